The first-order valence-corrected chi connectivity index (χ1v) is 28.9. The van der Waals surface area contributed by atoms with Crippen molar-refractivity contribution in [2.24, 2.45) is 0 Å². The van der Waals surface area contributed by atoms with Crippen molar-refractivity contribution in [1.82, 2.24) is 9.97 Å². The molecule has 1 aliphatic rings. The van der Waals surface area contributed by atoms with Gasteiger partial charge in [-0.25, -0.2) is 9.97 Å². The number of nitrogens with zero attached hydrogens (tertiary/aromatic N) is 4. The van der Waals surface area contributed by atoms with Crippen LogP contribution in [0.3, 0.4) is 0 Å². The predicted octanol–water partition coefficient (Wildman–Crippen LogP) is 21.2. The van der Waals surface area contributed by atoms with Crippen LogP contribution in [0.1, 0.15) is 22.3 Å². The molecule has 0 saturated heterocycles. The zero-order chi connectivity index (χ0) is 56.0. The Kier molecular flexibility index (Phi) is 11.0. The molecule has 2 aromatic heterocycles. The molecule has 0 radical (unpaired) electrons. The molecule has 0 fully saturated rings. The molecule has 6 nitrogen and oxygen atoms in total. The van der Waals surface area contributed by atoms with Crippen LogP contribution in [0.5, 0.6) is 0 Å². The summed E-state index contributed by atoms with van der Waals surface area (Å²) in [5, 5.41) is 9.17. The van der Waals surface area contributed by atoms with Gasteiger partial charge < -0.3 is 18.6 Å². The van der Waals surface area contributed by atoms with Crippen LogP contribution in [0.2, 0.25) is 0 Å². The minimum absolute atomic E-state index is 0.508. The molecule has 85 heavy (non-hydrogen) atoms. The Labute approximate surface area is 490 Å². The molecule has 0 amide bonds. The molecule has 16 aromatic rings. The van der Waals surface area contributed by atoms with Gasteiger partial charge in [0.05, 0.1) is 28.2 Å². The third-order valence-corrected chi connectivity index (χ3v) is 17.3. The number of rotatable bonds is 10. The summed E-state index contributed by atoms with van der Waals surface area (Å²) in [7, 11) is 0. The fraction of sp³-hybridized carbons (Fsp3) is 0.0127. The fourth-order valence-corrected chi connectivity index (χ4v) is 13.7. The van der Waals surface area contributed by atoms with Crippen molar-refractivity contribution in [3.05, 3.63) is 326 Å². The highest BCUT2D eigenvalue weighted by atomic mass is 16.4. The molecular formula is C79H50N4O2. The zero-order valence-corrected chi connectivity index (χ0v) is 46.0. The smallest absolute Gasteiger partial charge is 0.227 e. The predicted molar refractivity (Wildman–Crippen MR) is 349 cm³/mol. The Morgan fingerprint density at radius 3 is 0.988 bits per heavy atom. The van der Waals surface area contributed by atoms with Gasteiger partial charge in [0.2, 0.25) is 11.8 Å². The molecule has 0 spiro atoms. The third kappa shape index (κ3) is 7.45. The maximum atomic E-state index is 7.57. The minimum atomic E-state index is -1.01. The molecule has 0 aliphatic heterocycles. The summed E-state index contributed by atoms with van der Waals surface area (Å²) in [5.41, 5.74) is 15.1. The van der Waals surface area contributed by atoms with Gasteiger partial charge >= 0.3 is 0 Å². The van der Waals surface area contributed by atoms with E-state index in [9.17, 15) is 0 Å². The first kappa shape index (κ1) is 48.4. The molecule has 0 saturated carbocycles. The number of hydrogen-bond acceptors (Lipinski definition) is 6. The molecule has 6 heteroatoms. The number of para-hydroxylation sites is 2. The topological polar surface area (TPSA) is 58.5 Å². The number of benzene rings is 14. The Bertz CT molecular complexity index is 4910. The van der Waals surface area contributed by atoms with E-state index in [1.165, 1.54) is 10.8 Å². The van der Waals surface area contributed by atoms with E-state index in [1.54, 1.807) is 0 Å². The second-order valence-corrected chi connectivity index (χ2v) is 21.9. The average Bonchev–Trinajstić information content (AvgIpc) is 2.51. The maximum Gasteiger partial charge on any atom is 0.227 e. The average molecular weight is 1090 g/mol. The summed E-state index contributed by atoms with van der Waals surface area (Å²) in [5.74, 6) is 1.02. The number of aromatic nitrogens is 2. The summed E-state index contributed by atoms with van der Waals surface area (Å²) in [6, 6.07) is 108. The van der Waals surface area contributed by atoms with Crippen LogP contribution >= 0.6 is 0 Å². The van der Waals surface area contributed by atoms with Crippen LogP contribution < -0.4 is 9.80 Å². The number of hydrogen-bond donors (Lipinski definition) is 0. The molecule has 0 atom stereocenters. The molecule has 1 aliphatic carbocycles. The number of oxazole rings is 2. The van der Waals surface area contributed by atoms with E-state index in [0.717, 1.165) is 111 Å². The highest BCUT2D eigenvalue weighted by Crippen LogP contribution is 2.64. The van der Waals surface area contributed by atoms with E-state index in [1.807, 2.05) is 36.4 Å². The van der Waals surface area contributed by atoms with Gasteiger partial charge in [-0.1, -0.05) is 231 Å². The lowest BCUT2D eigenvalue weighted by molar-refractivity contribution is 0.616. The summed E-state index contributed by atoms with van der Waals surface area (Å²) >= 11 is 0. The largest absolute Gasteiger partial charge is 0.435 e. The summed E-state index contributed by atoms with van der Waals surface area (Å²) < 4.78 is 15.1. The highest BCUT2D eigenvalue weighted by molar-refractivity contribution is 6.20. The van der Waals surface area contributed by atoms with E-state index in [2.05, 4.69) is 277 Å². The van der Waals surface area contributed by atoms with Crippen molar-refractivity contribution < 1.29 is 8.83 Å². The normalized spacial score (nSPS) is 12.6. The molecule has 17 rings (SSSR count). The van der Waals surface area contributed by atoms with Gasteiger partial charge in [0, 0.05) is 44.4 Å². The minimum Gasteiger partial charge on any atom is -0.435 e. The van der Waals surface area contributed by atoms with Crippen LogP contribution in [0.25, 0.3) is 99.3 Å². The Morgan fingerprint density at radius 2 is 0.600 bits per heavy atom. The van der Waals surface area contributed by atoms with Crippen LogP contribution in [0, 0.1) is 0 Å². The molecule has 0 unspecified atom stereocenters. The van der Waals surface area contributed by atoms with Gasteiger partial charge in [-0.15, -0.1) is 0 Å². The lowest BCUT2D eigenvalue weighted by Crippen LogP contribution is -2.29. The van der Waals surface area contributed by atoms with E-state index in [4.69, 9.17) is 18.8 Å². The summed E-state index contributed by atoms with van der Waals surface area (Å²) in [6.45, 7) is 0. The molecule has 14 aromatic carbocycles. The van der Waals surface area contributed by atoms with Crippen molar-refractivity contribution in [3.63, 3.8) is 0 Å². The third-order valence-electron chi connectivity index (χ3n) is 17.3. The van der Waals surface area contributed by atoms with Crippen molar-refractivity contribution in [2.75, 3.05) is 9.80 Å². The molecular weight excluding hydrogens is 1040 g/mol. The van der Waals surface area contributed by atoms with E-state index in [-0.39, 0.29) is 0 Å². The lowest BCUT2D eigenvalue weighted by Gasteiger charge is -2.36. The van der Waals surface area contributed by atoms with Crippen molar-refractivity contribution in [2.45, 2.75) is 5.41 Å². The summed E-state index contributed by atoms with van der Waals surface area (Å²) in [4.78, 5) is 16.2. The highest BCUT2D eigenvalue weighted by Gasteiger charge is 2.51. The van der Waals surface area contributed by atoms with Crippen molar-refractivity contribution >= 4 is 99.4 Å². The zero-order valence-electron chi connectivity index (χ0n) is 46.0. The van der Waals surface area contributed by atoms with Crippen LogP contribution in [-0.4, -0.2) is 9.97 Å². The summed E-state index contributed by atoms with van der Waals surface area (Å²) in [6.07, 6.45) is 0. The maximum absolute atomic E-state index is 7.57. The Balaban J connectivity index is 1.08. The van der Waals surface area contributed by atoms with Crippen molar-refractivity contribution in [3.8, 4) is 34.0 Å². The van der Waals surface area contributed by atoms with Gasteiger partial charge in [0.15, 0.2) is 11.2 Å². The quantitative estimate of drug-likeness (QED) is 0.127. The SMILES string of the molecule is c1ccc(-c2nc3c(N(c4ccccc4)c4cc5ccccc5c5ccccc45)cc4c(c3o2)-c2c(cc(N(c3ccccc3)c3cc5ccccc5c5ccccc35)c3nc(-c5ccccc5)oc23)C4(c2ccccc2)c2ccccc2)cc1. The first-order valence-electron chi connectivity index (χ1n) is 28.9. The van der Waals surface area contributed by atoms with Gasteiger partial charge in [-0.05, 0) is 127 Å². The van der Waals surface area contributed by atoms with E-state index >= 15 is 0 Å². The van der Waals surface area contributed by atoms with Gasteiger partial charge in [-0.2, -0.15) is 0 Å². The van der Waals surface area contributed by atoms with E-state index in [0.29, 0.717) is 34.0 Å². The standard InChI is InChI=1S/C79H50N4O2/c1-7-27-51(28-8-1)77-80-73-69(82(57-37-15-5-16-38-57)67-47-53-31-19-21-41-59(53)61-43-23-25-45-63(61)67)49-65-71(75(73)84-77)72-66(79(65,55-33-11-3-12-34-55)56-35-13-4-14-36-56)50-70(74-76(72)85-78(81-74)52-29-9-2-10-30-52)83(58-39-17-6-18-40-58)68-48-54-32-20-22-42-60(54)62-44-24-26-46-64(62)68/h1-50H. The number of fused-ring (bicyclic) bond motifs is 13. The van der Waals surface area contributed by atoms with Gasteiger partial charge in [0.1, 0.15) is 11.0 Å². The lowest BCUT2D eigenvalue weighted by atomic mass is 9.67. The van der Waals surface area contributed by atoms with Crippen LogP contribution in [0.15, 0.2) is 312 Å². The molecule has 0 N–H and O–H groups in total. The Hall–Kier alpha value is -11.3. The Morgan fingerprint density at radius 1 is 0.282 bits per heavy atom. The van der Waals surface area contributed by atoms with Gasteiger partial charge in [0.25, 0.3) is 0 Å². The van der Waals surface area contributed by atoms with Crippen molar-refractivity contribution in [1.29, 1.82) is 0 Å². The molecule has 398 valence electrons. The van der Waals surface area contributed by atoms with Crippen LogP contribution in [0.4, 0.5) is 34.1 Å². The second-order valence-electron chi connectivity index (χ2n) is 21.9. The molecule has 0 bridgehead atoms. The van der Waals surface area contributed by atoms with Crippen LogP contribution in [-0.2, 0) is 5.41 Å². The second kappa shape index (κ2) is 19.4. The van der Waals surface area contributed by atoms with Gasteiger partial charge in [-0.3, -0.25) is 0 Å². The molecule has 2 heterocycles. The monoisotopic (exact) mass is 1090 g/mol. The number of anilines is 6. The fourth-order valence-electron chi connectivity index (χ4n) is 13.7. The van der Waals surface area contributed by atoms with E-state index < -0.39 is 5.41 Å². The first-order chi connectivity index (χ1) is 42.2.